The summed E-state index contributed by atoms with van der Waals surface area (Å²) in [7, 11) is 0. The molecule has 1 aromatic heterocycles. The summed E-state index contributed by atoms with van der Waals surface area (Å²) in [5, 5.41) is 0. The van der Waals surface area contributed by atoms with Gasteiger partial charge >= 0.3 is 5.97 Å². The van der Waals surface area contributed by atoms with Crippen LogP contribution < -0.4 is 5.56 Å². The molecule has 2 rings (SSSR count). The number of hydrogen-bond acceptors (Lipinski definition) is 3. The number of ether oxygens (including phenoxy) is 1. The molecule has 0 radical (unpaired) electrons. The lowest BCUT2D eigenvalue weighted by atomic mass is 10.1. The molecule has 0 bridgehead atoms. The molecular weight excluding hydrogens is 266 g/mol. The van der Waals surface area contributed by atoms with Crippen molar-refractivity contribution in [2.75, 3.05) is 6.61 Å². The molecule has 0 aliphatic rings. The van der Waals surface area contributed by atoms with Gasteiger partial charge in [0.05, 0.1) is 17.9 Å². The van der Waals surface area contributed by atoms with E-state index >= 15 is 0 Å². The summed E-state index contributed by atoms with van der Waals surface area (Å²) >= 11 is 0. The Kier molecular flexibility index (Phi) is 4.26. The highest BCUT2D eigenvalue weighted by molar-refractivity contribution is 5.92. The van der Waals surface area contributed by atoms with Crippen LogP contribution >= 0.6 is 0 Å². The summed E-state index contributed by atoms with van der Waals surface area (Å²) in [4.78, 5) is 24.5. The summed E-state index contributed by atoms with van der Waals surface area (Å²) in [6.45, 7) is 7.53. The van der Waals surface area contributed by atoms with E-state index in [-0.39, 0.29) is 5.56 Å². The van der Waals surface area contributed by atoms with Gasteiger partial charge in [0, 0.05) is 11.8 Å². The largest absolute Gasteiger partial charge is 0.462 e. The molecule has 0 aliphatic heterocycles. The van der Waals surface area contributed by atoms with Gasteiger partial charge in [0.1, 0.15) is 0 Å². The van der Waals surface area contributed by atoms with Gasteiger partial charge in [-0.25, -0.2) is 4.79 Å². The van der Waals surface area contributed by atoms with Gasteiger partial charge in [0.15, 0.2) is 0 Å². The molecule has 4 nitrogen and oxygen atoms in total. The fourth-order valence-corrected chi connectivity index (χ4v) is 2.51. The van der Waals surface area contributed by atoms with Crippen LogP contribution in [0.15, 0.2) is 35.1 Å². The van der Waals surface area contributed by atoms with Gasteiger partial charge in [-0.3, -0.25) is 9.36 Å². The summed E-state index contributed by atoms with van der Waals surface area (Å²) in [5.41, 5.74) is 3.31. The van der Waals surface area contributed by atoms with Crippen molar-refractivity contribution in [3.63, 3.8) is 0 Å². The molecule has 0 amide bonds. The second-order valence-electron chi connectivity index (χ2n) is 4.97. The van der Waals surface area contributed by atoms with Crippen molar-refractivity contribution >= 4 is 5.97 Å². The molecule has 0 saturated heterocycles. The molecule has 0 atom stereocenters. The molecule has 0 unspecified atom stereocenters. The highest BCUT2D eigenvalue weighted by Crippen LogP contribution is 2.19. The summed E-state index contributed by atoms with van der Waals surface area (Å²) in [6, 6.07) is 9.07. The number of para-hydroxylation sites is 1. The molecule has 0 saturated carbocycles. The Morgan fingerprint density at radius 2 is 1.81 bits per heavy atom. The first-order chi connectivity index (χ1) is 9.97. The quantitative estimate of drug-likeness (QED) is 0.815. The SMILES string of the molecule is CCOC(=O)c1c(C)cc(=O)n(-c2ccccc2C)c1C. The molecule has 21 heavy (non-hydrogen) atoms. The Morgan fingerprint density at radius 3 is 2.43 bits per heavy atom. The Hall–Kier alpha value is -2.36. The molecule has 1 heterocycles. The number of aromatic nitrogens is 1. The summed E-state index contributed by atoms with van der Waals surface area (Å²) in [6.07, 6.45) is 0. The van der Waals surface area contributed by atoms with Crippen LogP contribution in [-0.4, -0.2) is 17.1 Å². The lowest BCUT2D eigenvalue weighted by Gasteiger charge is -2.17. The zero-order valence-electron chi connectivity index (χ0n) is 12.8. The van der Waals surface area contributed by atoms with Crippen LogP contribution in [0.1, 0.15) is 34.1 Å². The maximum Gasteiger partial charge on any atom is 0.340 e. The number of rotatable bonds is 3. The van der Waals surface area contributed by atoms with Crippen LogP contribution in [0.4, 0.5) is 0 Å². The van der Waals surface area contributed by atoms with E-state index in [1.807, 2.05) is 31.2 Å². The standard InChI is InChI=1S/C17H19NO3/c1-5-21-17(20)16-12(3)10-15(19)18(13(16)4)14-9-7-6-8-11(14)2/h6-10H,5H2,1-4H3. The van der Waals surface area contributed by atoms with Crippen LogP contribution in [0.2, 0.25) is 0 Å². The van der Waals surface area contributed by atoms with Crippen LogP contribution in [0, 0.1) is 20.8 Å². The van der Waals surface area contributed by atoms with E-state index in [4.69, 9.17) is 4.74 Å². The van der Waals surface area contributed by atoms with Gasteiger partial charge in [-0.2, -0.15) is 0 Å². The van der Waals surface area contributed by atoms with Crippen molar-refractivity contribution < 1.29 is 9.53 Å². The van der Waals surface area contributed by atoms with Crippen molar-refractivity contribution in [3.05, 3.63) is 63.1 Å². The number of esters is 1. The highest BCUT2D eigenvalue weighted by atomic mass is 16.5. The number of carbonyl (C=O) groups is 1. The van der Waals surface area contributed by atoms with Crippen molar-refractivity contribution in [2.45, 2.75) is 27.7 Å². The fourth-order valence-electron chi connectivity index (χ4n) is 2.51. The number of nitrogens with zero attached hydrogens (tertiary/aromatic N) is 1. The zero-order chi connectivity index (χ0) is 15.6. The first-order valence-electron chi connectivity index (χ1n) is 6.93. The topological polar surface area (TPSA) is 48.3 Å². The summed E-state index contributed by atoms with van der Waals surface area (Å²) < 4.78 is 6.66. The van der Waals surface area contributed by atoms with Gasteiger partial charge in [-0.15, -0.1) is 0 Å². The first-order valence-corrected chi connectivity index (χ1v) is 6.93. The molecule has 0 fully saturated rings. The number of aryl methyl sites for hydroxylation is 2. The lowest BCUT2D eigenvalue weighted by Crippen LogP contribution is -2.25. The average Bonchev–Trinajstić information content (AvgIpc) is 2.40. The van der Waals surface area contributed by atoms with Crippen LogP contribution in [0.25, 0.3) is 5.69 Å². The highest BCUT2D eigenvalue weighted by Gasteiger charge is 2.19. The maximum absolute atomic E-state index is 12.4. The van der Waals surface area contributed by atoms with Crippen LogP contribution in [0.3, 0.4) is 0 Å². The fraction of sp³-hybridized carbons (Fsp3) is 0.294. The Balaban J connectivity index is 2.74. The van der Waals surface area contributed by atoms with E-state index in [0.29, 0.717) is 23.4 Å². The third-order valence-corrected chi connectivity index (χ3v) is 3.49. The van der Waals surface area contributed by atoms with E-state index in [1.54, 1.807) is 25.3 Å². The first kappa shape index (κ1) is 15.0. The second-order valence-corrected chi connectivity index (χ2v) is 4.97. The van der Waals surface area contributed by atoms with Gasteiger partial charge in [-0.05, 0) is 44.9 Å². The molecule has 4 heteroatoms. The number of pyridine rings is 1. The van der Waals surface area contributed by atoms with Crippen LogP contribution in [0.5, 0.6) is 0 Å². The number of hydrogen-bond donors (Lipinski definition) is 0. The third kappa shape index (κ3) is 2.75. The Morgan fingerprint density at radius 1 is 1.14 bits per heavy atom. The molecule has 0 aliphatic carbocycles. The lowest BCUT2D eigenvalue weighted by molar-refractivity contribution is 0.0523. The Bertz CT molecular complexity index is 744. The van der Waals surface area contributed by atoms with E-state index < -0.39 is 5.97 Å². The second kappa shape index (κ2) is 5.95. The van der Waals surface area contributed by atoms with Gasteiger partial charge < -0.3 is 4.74 Å². The predicted octanol–water partition coefficient (Wildman–Crippen LogP) is 2.94. The molecule has 0 N–H and O–H groups in total. The summed E-state index contributed by atoms with van der Waals surface area (Å²) in [5.74, 6) is -0.394. The minimum Gasteiger partial charge on any atom is -0.462 e. The van der Waals surface area contributed by atoms with Gasteiger partial charge in [-0.1, -0.05) is 18.2 Å². The van der Waals surface area contributed by atoms with Gasteiger partial charge in [0.2, 0.25) is 0 Å². The average molecular weight is 285 g/mol. The third-order valence-electron chi connectivity index (χ3n) is 3.49. The molecular formula is C17H19NO3. The maximum atomic E-state index is 12.4. The van der Waals surface area contributed by atoms with E-state index in [2.05, 4.69) is 0 Å². The van der Waals surface area contributed by atoms with E-state index in [9.17, 15) is 9.59 Å². The van der Waals surface area contributed by atoms with Crippen LogP contribution in [-0.2, 0) is 4.74 Å². The molecule has 110 valence electrons. The zero-order valence-corrected chi connectivity index (χ0v) is 12.8. The number of carbonyl (C=O) groups excluding carboxylic acids is 1. The number of benzene rings is 1. The monoisotopic (exact) mass is 285 g/mol. The molecule has 0 spiro atoms. The van der Waals surface area contributed by atoms with Crippen molar-refractivity contribution in [2.24, 2.45) is 0 Å². The minimum absolute atomic E-state index is 0.146. The predicted molar refractivity (Wildman–Crippen MR) is 82.2 cm³/mol. The van der Waals surface area contributed by atoms with Crippen molar-refractivity contribution in [3.8, 4) is 5.69 Å². The van der Waals surface area contributed by atoms with Gasteiger partial charge in [0.25, 0.3) is 5.56 Å². The van der Waals surface area contributed by atoms with Crippen molar-refractivity contribution in [1.29, 1.82) is 0 Å². The molecule has 1 aromatic carbocycles. The molecule has 2 aromatic rings. The van der Waals surface area contributed by atoms with E-state index in [1.165, 1.54) is 6.07 Å². The minimum atomic E-state index is -0.394. The normalized spacial score (nSPS) is 10.5. The van der Waals surface area contributed by atoms with E-state index in [0.717, 1.165) is 11.3 Å². The smallest absolute Gasteiger partial charge is 0.340 e. The van der Waals surface area contributed by atoms with Crippen molar-refractivity contribution in [1.82, 2.24) is 4.57 Å². The Labute approximate surface area is 124 Å².